The largest absolute Gasteiger partial charge is 0.460 e. The van der Waals surface area contributed by atoms with Crippen molar-refractivity contribution in [3.05, 3.63) is 100 Å². The van der Waals surface area contributed by atoms with Gasteiger partial charge in [0.15, 0.2) is 0 Å². The fourth-order valence-electron chi connectivity index (χ4n) is 6.64. The van der Waals surface area contributed by atoms with Crippen LogP contribution in [0.3, 0.4) is 0 Å². The van der Waals surface area contributed by atoms with E-state index in [1.54, 1.807) is 42.5 Å². The van der Waals surface area contributed by atoms with Crippen molar-refractivity contribution in [3.8, 4) is 0 Å². The van der Waals surface area contributed by atoms with Crippen LogP contribution in [0.2, 0.25) is 0 Å². The van der Waals surface area contributed by atoms with Crippen molar-refractivity contribution in [2.45, 2.75) is 91.6 Å². The number of carbonyl (C=O) groups excluding carboxylic acids is 5. The number of nitrogens with one attached hydrogen (secondary N) is 1. The van der Waals surface area contributed by atoms with Gasteiger partial charge in [-0.15, -0.1) is 0 Å². The molecule has 0 aromatic heterocycles. The van der Waals surface area contributed by atoms with Crippen LogP contribution >= 0.6 is 0 Å². The van der Waals surface area contributed by atoms with Gasteiger partial charge in [-0.25, -0.2) is 0 Å². The topological polar surface area (TPSA) is 125 Å². The molecule has 3 aromatic carbocycles. The summed E-state index contributed by atoms with van der Waals surface area (Å²) in [5, 5.41) is 3.00. The van der Waals surface area contributed by atoms with Gasteiger partial charge < -0.3 is 15.0 Å². The number of ether oxygens (including phenoxy) is 1. The average Bonchev–Trinajstić information content (AvgIpc) is 3.23. The van der Waals surface area contributed by atoms with Gasteiger partial charge >= 0.3 is 5.97 Å². The summed E-state index contributed by atoms with van der Waals surface area (Å²) >= 11 is 0. The van der Waals surface area contributed by atoms with E-state index in [9.17, 15) is 24.0 Å². The summed E-state index contributed by atoms with van der Waals surface area (Å²) in [6.45, 7) is 11.2. The molecule has 0 unspecified atom stereocenters. The molecule has 0 saturated carbocycles. The fourth-order valence-corrected chi connectivity index (χ4v) is 6.64. The normalized spacial score (nSPS) is 13.8. The van der Waals surface area contributed by atoms with Gasteiger partial charge in [0, 0.05) is 54.2 Å². The molecule has 2 heterocycles. The zero-order valence-corrected chi connectivity index (χ0v) is 31.5. The highest BCUT2D eigenvalue weighted by molar-refractivity contribution is 6.21. The maximum Gasteiger partial charge on any atom is 0.312 e. The van der Waals surface area contributed by atoms with Crippen LogP contribution in [-0.4, -0.2) is 70.3 Å². The smallest absolute Gasteiger partial charge is 0.312 e. The minimum atomic E-state index is -0.666. The number of carbonyl (C=O) groups is 5. The zero-order chi connectivity index (χ0) is 38.1. The van der Waals surface area contributed by atoms with Gasteiger partial charge in [0.25, 0.3) is 17.7 Å². The molecule has 10 heteroatoms. The van der Waals surface area contributed by atoms with E-state index in [-0.39, 0.29) is 36.5 Å². The standard InChI is InChI=1S/C43H50N4O6/c1-6-21-46(22-7-2)40(50)32-25-30-19-20-31(27-37(30)44-34(26-32)28-38(48)53-43(3,4)5)39(49)45-33-16-13-15-29(24-33)14-9-8-12-23-47-41(51)35-17-10-11-18-36(35)42(47)52/h10-11,13,15-20,24-25,27H,6-9,12,14,21-23,26,28H2,1-5H3,(H,45,49). The number of hydrogen-bond acceptors (Lipinski definition) is 7. The van der Waals surface area contributed by atoms with E-state index in [2.05, 4.69) is 5.32 Å². The van der Waals surface area contributed by atoms with E-state index in [0.29, 0.717) is 71.0 Å². The first-order chi connectivity index (χ1) is 25.4. The predicted octanol–water partition coefficient (Wildman–Crippen LogP) is 8.19. The number of aliphatic imine (C=N–C) groups is 1. The Morgan fingerprint density at radius 2 is 1.57 bits per heavy atom. The monoisotopic (exact) mass is 718 g/mol. The Kier molecular flexibility index (Phi) is 12.8. The highest BCUT2D eigenvalue weighted by Gasteiger charge is 2.34. The molecule has 3 aromatic rings. The SMILES string of the molecule is CCCN(CCC)C(=O)C1=Cc2ccc(C(=O)Nc3cccc(CCCCCN4C(=O)c5ccccc5C4=O)c3)cc2N=C(CC(=O)OC(C)(C)C)C1. The van der Waals surface area contributed by atoms with Gasteiger partial charge in [-0.2, -0.15) is 0 Å². The fraction of sp³-hybridized carbons (Fsp3) is 0.395. The number of aryl methyl sites for hydroxylation is 1. The first-order valence-corrected chi connectivity index (χ1v) is 18.6. The minimum Gasteiger partial charge on any atom is -0.460 e. The van der Waals surface area contributed by atoms with Crippen molar-refractivity contribution >= 4 is 52.8 Å². The lowest BCUT2D eigenvalue weighted by Gasteiger charge is -2.23. The Bertz CT molecular complexity index is 1900. The molecule has 0 fully saturated rings. The third-order valence-electron chi connectivity index (χ3n) is 9.02. The first kappa shape index (κ1) is 38.8. The highest BCUT2D eigenvalue weighted by atomic mass is 16.6. The number of esters is 1. The predicted molar refractivity (Wildman–Crippen MR) is 208 cm³/mol. The van der Waals surface area contributed by atoms with Gasteiger partial charge in [-0.3, -0.25) is 33.9 Å². The Balaban J connectivity index is 1.24. The number of amides is 4. The summed E-state index contributed by atoms with van der Waals surface area (Å²) in [4.78, 5) is 73.4. The summed E-state index contributed by atoms with van der Waals surface area (Å²) in [6.07, 6.45) is 6.81. The van der Waals surface area contributed by atoms with E-state index in [0.717, 1.165) is 37.7 Å². The van der Waals surface area contributed by atoms with Gasteiger partial charge in [-0.1, -0.05) is 50.6 Å². The molecule has 2 aliphatic rings. The average molecular weight is 719 g/mol. The molecule has 1 N–H and O–H groups in total. The Labute approximate surface area is 312 Å². The van der Waals surface area contributed by atoms with Gasteiger partial charge in [-0.05, 0) is 101 Å². The zero-order valence-electron chi connectivity index (χ0n) is 31.5. The van der Waals surface area contributed by atoms with Crippen LogP contribution in [-0.2, 0) is 20.7 Å². The third-order valence-corrected chi connectivity index (χ3v) is 9.02. The molecule has 0 radical (unpaired) electrons. The Hall–Kier alpha value is -5.38. The molecular weight excluding hydrogens is 668 g/mol. The number of anilines is 1. The van der Waals surface area contributed by atoms with Crippen LogP contribution in [0.25, 0.3) is 6.08 Å². The first-order valence-electron chi connectivity index (χ1n) is 18.6. The van der Waals surface area contributed by atoms with Crippen molar-refractivity contribution in [2.75, 3.05) is 25.0 Å². The summed E-state index contributed by atoms with van der Waals surface area (Å²) in [5.41, 5.74) is 4.63. The molecule has 0 atom stereocenters. The van der Waals surface area contributed by atoms with Crippen LogP contribution in [0.5, 0.6) is 0 Å². The molecule has 5 rings (SSSR count). The second-order valence-corrected chi connectivity index (χ2v) is 14.6. The van der Waals surface area contributed by atoms with Crippen LogP contribution in [0, 0.1) is 0 Å². The lowest BCUT2D eigenvalue weighted by molar-refractivity contribution is -0.153. The molecular formula is C43H50N4O6. The third kappa shape index (κ3) is 10.2. The number of nitrogens with zero attached hydrogens (tertiary/aromatic N) is 3. The van der Waals surface area contributed by atoms with E-state index in [1.165, 1.54) is 4.90 Å². The molecule has 10 nitrogen and oxygen atoms in total. The molecule has 0 aliphatic carbocycles. The summed E-state index contributed by atoms with van der Waals surface area (Å²) in [6, 6.07) is 19.8. The van der Waals surface area contributed by atoms with E-state index >= 15 is 0 Å². The second kappa shape index (κ2) is 17.4. The number of unbranched alkanes of at least 4 members (excludes halogenated alkanes) is 2. The Morgan fingerprint density at radius 1 is 0.868 bits per heavy atom. The summed E-state index contributed by atoms with van der Waals surface area (Å²) < 4.78 is 5.58. The Morgan fingerprint density at radius 3 is 2.23 bits per heavy atom. The molecule has 0 saturated heterocycles. The summed E-state index contributed by atoms with van der Waals surface area (Å²) in [5.74, 6) is -1.27. The number of benzene rings is 3. The van der Waals surface area contributed by atoms with Crippen molar-refractivity contribution < 1.29 is 28.7 Å². The molecule has 0 bridgehead atoms. The van der Waals surface area contributed by atoms with Crippen molar-refractivity contribution in [1.82, 2.24) is 9.80 Å². The number of imide groups is 1. The van der Waals surface area contributed by atoms with Gasteiger partial charge in [0.05, 0.1) is 23.2 Å². The van der Waals surface area contributed by atoms with E-state index in [4.69, 9.17) is 9.73 Å². The molecule has 2 aliphatic heterocycles. The number of rotatable bonds is 15. The number of hydrogen-bond donors (Lipinski definition) is 1. The van der Waals surface area contributed by atoms with E-state index < -0.39 is 11.6 Å². The quantitative estimate of drug-likeness (QED) is 0.0960. The minimum absolute atomic E-state index is 0.0745. The number of fused-ring (bicyclic) bond motifs is 2. The highest BCUT2D eigenvalue weighted by Crippen LogP contribution is 2.31. The lowest BCUT2D eigenvalue weighted by atomic mass is 10.0. The summed E-state index contributed by atoms with van der Waals surface area (Å²) in [7, 11) is 0. The second-order valence-electron chi connectivity index (χ2n) is 14.6. The van der Waals surface area contributed by atoms with Crippen molar-refractivity contribution in [3.63, 3.8) is 0 Å². The maximum absolute atomic E-state index is 13.7. The molecule has 278 valence electrons. The van der Waals surface area contributed by atoms with Gasteiger partial charge in [0.2, 0.25) is 5.91 Å². The van der Waals surface area contributed by atoms with Crippen LogP contribution < -0.4 is 5.32 Å². The van der Waals surface area contributed by atoms with E-state index in [1.807, 2.05) is 69.9 Å². The maximum atomic E-state index is 13.7. The molecule has 53 heavy (non-hydrogen) atoms. The van der Waals surface area contributed by atoms with Gasteiger partial charge in [0.1, 0.15) is 5.60 Å². The lowest BCUT2D eigenvalue weighted by Crippen LogP contribution is -2.34. The van der Waals surface area contributed by atoms with Crippen LogP contribution in [0.1, 0.15) is 122 Å². The van der Waals surface area contributed by atoms with Crippen LogP contribution in [0.4, 0.5) is 11.4 Å². The molecule has 4 amide bonds. The van der Waals surface area contributed by atoms with Crippen molar-refractivity contribution in [1.29, 1.82) is 0 Å². The molecule has 0 spiro atoms. The van der Waals surface area contributed by atoms with Crippen LogP contribution in [0.15, 0.2) is 77.3 Å². The van der Waals surface area contributed by atoms with Crippen molar-refractivity contribution in [2.24, 2.45) is 4.99 Å².